The summed E-state index contributed by atoms with van der Waals surface area (Å²) in [7, 11) is 1.55. The summed E-state index contributed by atoms with van der Waals surface area (Å²) in [6, 6.07) is 6.27. The van der Waals surface area contributed by atoms with Crippen molar-refractivity contribution >= 4 is 17.4 Å². The molecule has 0 saturated heterocycles. The van der Waals surface area contributed by atoms with Crippen molar-refractivity contribution in [2.24, 2.45) is 0 Å². The summed E-state index contributed by atoms with van der Waals surface area (Å²) in [5.41, 5.74) is 0. The van der Waals surface area contributed by atoms with Crippen LogP contribution in [-0.4, -0.2) is 12.9 Å². The van der Waals surface area contributed by atoms with Crippen molar-refractivity contribution in [2.45, 2.75) is 6.61 Å². The zero-order valence-corrected chi connectivity index (χ0v) is 9.28. The van der Waals surface area contributed by atoms with Crippen molar-refractivity contribution in [1.29, 1.82) is 0 Å². The molecule has 16 heavy (non-hydrogen) atoms. The lowest BCUT2D eigenvalue weighted by Gasteiger charge is -1.93. The molecule has 5 heteroatoms. The van der Waals surface area contributed by atoms with Gasteiger partial charge in [0.15, 0.2) is 16.7 Å². The van der Waals surface area contributed by atoms with Gasteiger partial charge in [-0.1, -0.05) is 0 Å². The van der Waals surface area contributed by atoms with Crippen LogP contribution in [0.5, 0.6) is 0 Å². The van der Waals surface area contributed by atoms with Crippen LogP contribution in [0.3, 0.4) is 0 Å². The van der Waals surface area contributed by atoms with Gasteiger partial charge in [0.05, 0.1) is 0 Å². The van der Waals surface area contributed by atoms with Gasteiger partial charge in [-0.25, -0.2) is 0 Å². The molecular formula is C11H9ClO4. The molecule has 0 atom stereocenters. The van der Waals surface area contributed by atoms with Crippen molar-refractivity contribution in [1.82, 2.24) is 0 Å². The van der Waals surface area contributed by atoms with Gasteiger partial charge in [0.25, 0.3) is 5.78 Å². The van der Waals surface area contributed by atoms with E-state index in [4.69, 9.17) is 25.2 Å². The first-order valence-electron chi connectivity index (χ1n) is 4.58. The van der Waals surface area contributed by atoms with Gasteiger partial charge in [-0.3, -0.25) is 4.79 Å². The van der Waals surface area contributed by atoms with Crippen LogP contribution in [0.25, 0.3) is 0 Å². The van der Waals surface area contributed by atoms with Crippen molar-refractivity contribution in [3.05, 3.63) is 46.8 Å². The molecule has 0 aliphatic rings. The molecule has 0 radical (unpaired) electrons. The lowest BCUT2D eigenvalue weighted by molar-refractivity contribution is 0.0974. The number of carbonyl (C=O) groups excluding carboxylic acids is 1. The second kappa shape index (κ2) is 4.55. The van der Waals surface area contributed by atoms with Crippen molar-refractivity contribution in [3.63, 3.8) is 0 Å². The van der Waals surface area contributed by atoms with Gasteiger partial charge in [-0.05, 0) is 35.9 Å². The Hall–Kier alpha value is -1.52. The molecule has 2 aromatic heterocycles. The van der Waals surface area contributed by atoms with E-state index in [0.29, 0.717) is 12.4 Å². The third-order valence-electron chi connectivity index (χ3n) is 1.97. The fourth-order valence-electron chi connectivity index (χ4n) is 1.28. The zero-order valence-electron chi connectivity index (χ0n) is 8.53. The summed E-state index contributed by atoms with van der Waals surface area (Å²) in [4.78, 5) is 11.8. The highest BCUT2D eigenvalue weighted by Gasteiger charge is 2.17. The van der Waals surface area contributed by atoms with E-state index in [1.807, 2.05) is 0 Å². The number of furan rings is 2. The predicted molar refractivity (Wildman–Crippen MR) is 56.6 cm³/mol. The highest BCUT2D eigenvalue weighted by atomic mass is 35.5. The fourth-order valence-corrected chi connectivity index (χ4v) is 1.42. The Labute approximate surface area is 96.8 Å². The maximum Gasteiger partial charge on any atom is 0.263 e. The molecule has 0 fully saturated rings. The Kier molecular flexibility index (Phi) is 3.12. The lowest BCUT2D eigenvalue weighted by Crippen LogP contribution is -1.97. The molecule has 0 spiro atoms. The van der Waals surface area contributed by atoms with Crippen LogP contribution in [0.2, 0.25) is 5.22 Å². The van der Waals surface area contributed by atoms with E-state index in [1.165, 1.54) is 12.1 Å². The highest BCUT2D eigenvalue weighted by Crippen LogP contribution is 2.18. The fraction of sp³-hybridized carbons (Fsp3) is 0.182. The van der Waals surface area contributed by atoms with Crippen molar-refractivity contribution < 1.29 is 18.4 Å². The molecule has 2 aromatic rings. The largest absolute Gasteiger partial charge is 0.455 e. The maximum atomic E-state index is 11.8. The van der Waals surface area contributed by atoms with Crippen LogP contribution in [0.4, 0.5) is 0 Å². The molecule has 0 saturated carbocycles. The number of hydrogen-bond acceptors (Lipinski definition) is 4. The minimum atomic E-state index is -0.339. The topological polar surface area (TPSA) is 52.6 Å². The van der Waals surface area contributed by atoms with Crippen molar-refractivity contribution in [3.8, 4) is 0 Å². The molecule has 4 nitrogen and oxygen atoms in total. The van der Waals surface area contributed by atoms with E-state index in [0.717, 1.165) is 0 Å². The first-order chi connectivity index (χ1) is 7.70. The molecule has 0 amide bonds. The quantitative estimate of drug-likeness (QED) is 0.771. The Balaban J connectivity index is 2.20. The van der Waals surface area contributed by atoms with E-state index < -0.39 is 0 Å². The first-order valence-corrected chi connectivity index (χ1v) is 4.96. The number of halogens is 1. The van der Waals surface area contributed by atoms with E-state index in [2.05, 4.69) is 0 Å². The first kappa shape index (κ1) is 11.0. The minimum Gasteiger partial charge on any atom is -0.455 e. The number of ketones is 1. The standard InChI is InChI=1S/C11H9ClO4/c1-14-6-7-2-3-8(15-7)11(13)9-4-5-10(12)16-9/h2-5H,6H2,1H3. The van der Waals surface area contributed by atoms with E-state index in [9.17, 15) is 4.79 Å². The molecule has 0 N–H and O–H groups in total. The van der Waals surface area contributed by atoms with Gasteiger partial charge in [0.1, 0.15) is 12.4 Å². The molecule has 0 aromatic carbocycles. The molecule has 0 aliphatic carbocycles. The predicted octanol–water partition coefficient (Wildman–Crippen LogP) is 2.90. The van der Waals surface area contributed by atoms with E-state index in [1.54, 1.807) is 19.2 Å². The Morgan fingerprint density at radius 2 is 1.94 bits per heavy atom. The summed E-state index contributed by atoms with van der Waals surface area (Å²) >= 11 is 5.58. The third kappa shape index (κ3) is 2.18. The highest BCUT2D eigenvalue weighted by molar-refractivity contribution is 6.29. The normalized spacial score (nSPS) is 10.6. The number of carbonyl (C=O) groups is 1. The van der Waals surface area contributed by atoms with E-state index in [-0.39, 0.29) is 22.5 Å². The summed E-state index contributed by atoms with van der Waals surface area (Å²) in [5.74, 6) is 0.610. The van der Waals surface area contributed by atoms with Crippen LogP contribution in [0.15, 0.2) is 33.1 Å². The maximum absolute atomic E-state index is 11.8. The molecule has 0 bridgehead atoms. The Morgan fingerprint density at radius 1 is 1.25 bits per heavy atom. The number of hydrogen-bond donors (Lipinski definition) is 0. The van der Waals surface area contributed by atoms with Crippen LogP contribution in [-0.2, 0) is 11.3 Å². The van der Waals surface area contributed by atoms with E-state index >= 15 is 0 Å². The molecular weight excluding hydrogens is 232 g/mol. The van der Waals surface area contributed by atoms with Gasteiger partial charge in [-0.15, -0.1) is 0 Å². The Bertz CT molecular complexity index is 498. The Morgan fingerprint density at radius 3 is 2.56 bits per heavy atom. The number of ether oxygens (including phenoxy) is 1. The van der Waals surface area contributed by atoms with Gasteiger partial charge in [0, 0.05) is 7.11 Å². The lowest BCUT2D eigenvalue weighted by atomic mass is 10.2. The summed E-state index contributed by atoms with van der Waals surface area (Å²) < 4.78 is 15.1. The minimum absolute atomic E-state index is 0.156. The van der Waals surface area contributed by atoms with Crippen LogP contribution >= 0.6 is 11.6 Å². The second-order valence-corrected chi connectivity index (χ2v) is 3.50. The van der Waals surface area contributed by atoms with Gasteiger partial charge in [0.2, 0.25) is 0 Å². The summed E-state index contributed by atoms with van der Waals surface area (Å²) in [6.07, 6.45) is 0. The molecule has 84 valence electrons. The zero-order chi connectivity index (χ0) is 11.5. The van der Waals surface area contributed by atoms with Gasteiger partial charge >= 0.3 is 0 Å². The smallest absolute Gasteiger partial charge is 0.263 e. The average Bonchev–Trinajstić information content (AvgIpc) is 2.87. The number of rotatable bonds is 4. The molecule has 0 unspecified atom stereocenters. The number of methoxy groups -OCH3 is 1. The van der Waals surface area contributed by atoms with Crippen LogP contribution in [0, 0.1) is 0 Å². The summed E-state index contributed by atoms with van der Waals surface area (Å²) in [5, 5.41) is 0.173. The van der Waals surface area contributed by atoms with Gasteiger partial charge < -0.3 is 13.6 Å². The molecule has 0 aliphatic heterocycles. The second-order valence-electron chi connectivity index (χ2n) is 3.13. The monoisotopic (exact) mass is 240 g/mol. The third-order valence-corrected chi connectivity index (χ3v) is 2.17. The van der Waals surface area contributed by atoms with Gasteiger partial charge in [-0.2, -0.15) is 0 Å². The average molecular weight is 241 g/mol. The van der Waals surface area contributed by atoms with Crippen molar-refractivity contribution in [2.75, 3.05) is 7.11 Å². The summed E-state index contributed by atoms with van der Waals surface area (Å²) in [6.45, 7) is 0.326. The van der Waals surface area contributed by atoms with Crippen LogP contribution in [0.1, 0.15) is 22.1 Å². The molecule has 2 heterocycles. The van der Waals surface area contributed by atoms with Crippen LogP contribution < -0.4 is 0 Å². The SMILES string of the molecule is COCc1ccc(C(=O)c2ccc(Cl)o2)o1. The molecule has 2 rings (SSSR count).